The van der Waals surface area contributed by atoms with Crippen LogP contribution in [0.25, 0.3) is 0 Å². The third-order valence-corrected chi connectivity index (χ3v) is 3.43. The fourth-order valence-corrected chi connectivity index (χ4v) is 2.24. The number of aromatic nitrogens is 1. The lowest BCUT2D eigenvalue weighted by Crippen LogP contribution is -2.29. The van der Waals surface area contributed by atoms with Gasteiger partial charge in [-0.2, -0.15) is 0 Å². The number of benzene rings is 1. The molecule has 2 rings (SSSR count). The molecule has 0 aliphatic rings. The number of methoxy groups -OCH3 is 2. The predicted octanol–water partition coefficient (Wildman–Crippen LogP) is 2.24. The number of nitrogens with one attached hydrogen (secondary N) is 1. The molecule has 1 atom stereocenters. The summed E-state index contributed by atoms with van der Waals surface area (Å²) in [6.07, 6.45) is 3.46. The maximum Gasteiger partial charge on any atom is 0.142 e. The average Bonchev–Trinajstić information content (AvgIpc) is 2.56. The zero-order valence-corrected chi connectivity index (χ0v) is 12.4. The SMILES string of the molecule is COc1ccc(CCC(NN)c2ncccc2OC)cc1. The first-order valence-electron chi connectivity index (χ1n) is 6.86. The van der Waals surface area contributed by atoms with Gasteiger partial charge in [-0.3, -0.25) is 16.3 Å². The molecule has 0 aliphatic carbocycles. The molecule has 5 nitrogen and oxygen atoms in total. The molecule has 0 saturated carbocycles. The second-order valence-electron chi connectivity index (χ2n) is 4.70. The number of hydrazine groups is 1. The summed E-state index contributed by atoms with van der Waals surface area (Å²) in [4.78, 5) is 4.37. The van der Waals surface area contributed by atoms with Crippen LogP contribution in [0.2, 0.25) is 0 Å². The summed E-state index contributed by atoms with van der Waals surface area (Å²) >= 11 is 0. The number of nitrogens with zero attached hydrogens (tertiary/aromatic N) is 1. The highest BCUT2D eigenvalue weighted by atomic mass is 16.5. The van der Waals surface area contributed by atoms with Crippen LogP contribution in [0.5, 0.6) is 11.5 Å². The summed E-state index contributed by atoms with van der Waals surface area (Å²) in [5, 5.41) is 0. The molecule has 3 N–H and O–H groups in total. The van der Waals surface area contributed by atoms with Crippen molar-refractivity contribution in [2.45, 2.75) is 18.9 Å². The van der Waals surface area contributed by atoms with E-state index in [0.29, 0.717) is 0 Å². The Morgan fingerprint density at radius 2 is 1.90 bits per heavy atom. The van der Waals surface area contributed by atoms with Crippen LogP contribution in [-0.4, -0.2) is 19.2 Å². The lowest BCUT2D eigenvalue weighted by molar-refractivity contribution is 0.390. The minimum atomic E-state index is -0.0525. The molecule has 1 unspecified atom stereocenters. The van der Waals surface area contributed by atoms with Crippen molar-refractivity contribution >= 4 is 0 Å². The fraction of sp³-hybridized carbons (Fsp3) is 0.312. The van der Waals surface area contributed by atoms with Crippen LogP contribution in [0.1, 0.15) is 23.7 Å². The van der Waals surface area contributed by atoms with E-state index in [2.05, 4.69) is 22.5 Å². The summed E-state index contributed by atoms with van der Waals surface area (Å²) in [7, 11) is 3.30. The Bertz CT molecular complexity index is 558. The minimum Gasteiger partial charge on any atom is -0.497 e. The number of ether oxygens (including phenoxy) is 2. The van der Waals surface area contributed by atoms with Crippen LogP contribution in [-0.2, 0) is 6.42 Å². The van der Waals surface area contributed by atoms with Crippen LogP contribution in [0.3, 0.4) is 0 Å². The molecule has 1 aromatic carbocycles. The Morgan fingerprint density at radius 3 is 2.52 bits per heavy atom. The first-order chi connectivity index (χ1) is 10.3. The van der Waals surface area contributed by atoms with E-state index in [4.69, 9.17) is 15.3 Å². The van der Waals surface area contributed by atoms with Crippen LogP contribution in [0, 0.1) is 0 Å². The van der Waals surface area contributed by atoms with Gasteiger partial charge in [0, 0.05) is 6.20 Å². The van der Waals surface area contributed by atoms with E-state index in [1.165, 1.54) is 5.56 Å². The first-order valence-corrected chi connectivity index (χ1v) is 6.86. The molecule has 0 saturated heterocycles. The number of rotatable bonds is 7. The molecule has 0 amide bonds. The molecule has 5 heteroatoms. The lowest BCUT2D eigenvalue weighted by Gasteiger charge is -2.17. The molecular weight excluding hydrogens is 266 g/mol. The summed E-state index contributed by atoms with van der Waals surface area (Å²) in [5.74, 6) is 7.28. The molecule has 0 radical (unpaired) electrons. The topological polar surface area (TPSA) is 69.4 Å². The first kappa shape index (κ1) is 15.3. The second kappa shape index (κ2) is 7.61. The molecule has 2 aromatic rings. The monoisotopic (exact) mass is 287 g/mol. The van der Waals surface area contributed by atoms with E-state index >= 15 is 0 Å². The van der Waals surface area contributed by atoms with Gasteiger partial charge in [-0.05, 0) is 42.7 Å². The normalized spacial score (nSPS) is 12.0. The van der Waals surface area contributed by atoms with Crippen molar-refractivity contribution in [1.82, 2.24) is 10.4 Å². The Hall–Kier alpha value is -2.11. The summed E-state index contributed by atoms with van der Waals surface area (Å²) in [6.45, 7) is 0. The Balaban J connectivity index is 2.05. The van der Waals surface area contributed by atoms with E-state index in [1.54, 1.807) is 20.4 Å². The lowest BCUT2D eigenvalue weighted by atomic mass is 10.0. The van der Waals surface area contributed by atoms with Crippen molar-refractivity contribution in [2.24, 2.45) is 5.84 Å². The number of pyridine rings is 1. The van der Waals surface area contributed by atoms with Crippen molar-refractivity contribution in [3.8, 4) is 11.5 Å². The smallest absolute Gasteiger partial charge is 0.142 e. The molecule has 1 aromatic heterocycles. The van der Waals surface area contributed by atoms with Gasteiger partial charge in [-0.15, -0.1) is 0 Å². The Labute approximate surface area is 125 Å². The molecule has 0 fully saturated rings. The van der Waals surface area contributed by atoms with E-state index in [9.17, 15) is 0 Å². The van der Waals surface area contributed by atoms with Gasteiger partial charge < -0.3 is 9.47 Å². The van der Waals surface area contributed by atoms with Gasteiger partial charge >= 0.3 is 0 Å². The van der Waals surface area contributed by atoms with Gasteiger partial charge in [0.1, 0.15) is 17.2 Å². The van der Waals surface area contributed by atoms with Gasteiger partial charge in [0.05, 0.1) is 20.3 Å². The maximum atomic E-state index is 5.67. The molecule has 112 valence electrons. The zero-order valence-electron chi connectivity index (χ0n) is 12.4. The van der Waals surface area contributed by atoms with E-state index in [1.807, 2.05) is 24.3 Å². The molecule has 1 heterocycles. The highest BCUT2D eigenvalue weighted by molar-refractivity contribution is 5.30. The molecule has 0 spiro atoms. The number of hydrogen-bond acceptors (Lipinski definition) is 5. The highest BCUT2D eigenvalue weighted by Crippen LogP contribution is 2.25. The Kier molecular flexibility index (Phi) is 5.54. The van der Waals surface area contributed by atoms with E-state index < -0.39 is 0 Å². The average molecular weight is 287 g/mol. The Morgan fingerprint density at radius 1 is 1.14 bits per heavy atom. The fourth-order valence-electron chi connectivity index (χ4n) is 2.24. The summed E-state index contributed by atoms with van der Waals surface area (Å²) in [5.41, 5.74) is 4.88. The van der Waals surface area contributed by atoms with Gasteiger partial charge in [0.25, 0.3) is 0 Å². The highest BCUT2D eigenvalue weighted by Gasteiger charge is 2.16. The molecule has 21 heavy (non-hydrogen) atoms. The van der Waals surface area contributed by atoms with Crippen molar-refractivity contribution in [3.05, 3.63) is 53.9 Å². The number of aryl methyl sites for hydroxylation is 1. The zero-order chi connectivity index (χ0) is 15.1. The van der Waals surface area contributed by atoms with Crippen molar-refractivity contribution < 1.29 is 9.47 Å². The molecule has 0 aliphatic heterocycles. The largest absolute Gasteiger partial charge is 0.497 e. The number of hydrogen-bond donors (Lipinski definition) is 2. The third kappa shape index (κ3) is 3.93. The van der Waals surface area contributed by atoms with Gasteiger partial charge in [-0.25, -0.2) is 0 Å². The van der Waals surface area contributed by atoms with Gasteiger partial charge in [0.2, 0.25) is 0 Å². The van der Waals surface area contributed by atoms with Crippen LogP contribution in [0.15, 0.2) is 42.6 Å². The standard InChI is InChI=1S/C16H21N3O2/c1-20-13-8-5-12(6-9-13)7-10-14(19-17)16-15(21-2)4-3-11-18-16/h3-6,8-9,11,14,19H,7,10,17H2,1-2H3. The quantitative estimate of drug-likeness (QED) is 0.604. The predicted molar refractivity (Wildman–Crippen MR) is 82.2 cm³/mol. The van der Waals surface area contributed by atoms with Crippen molar-refractivity contribution in [1.29, 1.82) is 0 Å². The third-order valence-electron chi connectivity index (χ3n) is 3.43. The summed E-state index contributed by atoms with van der Waals surface area (Å²) in [6, 6.07) is 11.7. The van der Waals surface area contributed by atoms with E-state index in [0.717, 1.165) is 30.0 Å². The van der Waals surface area contributed by atoms with Gasteiger partial charge in [-0.1, -0.05) is 12.1 Å². The molecular formula is C16H21N3O2. The second-order valence-corrected chi connectivity index (χ2v) is 4.70. The molecule has 0 bridgehead atoms. The summed E-state index contributed by atoms with van der Waals surface area (Å²) < 4.78 is 10.5. The van der Waals surface area contributed by atoms with Gasteiger partial charge in [0.15, 0.2) is 0 Å². The minimum absolute atomic E-state index is 0.0525. The van der Waals surface area contributed by atoms with Crippen LogP contribution in [0.4, 0.5) is 0 Å². The maximum absolute atomic E-state index is 5.67. The van der Waals surface area contributed by atoms with E-state index in [-0.39, 0.29) is 6.04 Å². The number of nitrogens with two attached hydrogens (primary N) is 1. The van der Waals surface area contributed by atoms with Crippen molar-refractivity contribution in [2.75, 3.05) is 14.2 Å². The van der Waals surface area contributed by atoms with Crippen molar-refractivity contribution in [3.63, 3.8) is 0 Å². The van der Waals surface area contributed by atoms with Crippen LogP contribution >= 0.6 is 0 Å². The van der Waals surface area contributed by atoms with Crippen LogP contribution < -0.4 is 20.7 Å².